The lowest BCUT2D eigenvalue weighted by atomic mass is 10.1. The van der Waals surface area contributed by atoms with Crippen molar-refractivity contribution in [1.82, 2.24) is 0 Å². The summed E-state index contributed by atoms with van der Waals surface area (Å²) in [5.41, 5.74) is 0.391. The molecule has 0 bridgehead atoms. The first-order valence-electron chi connectivity index (χ1n) is 5.18. The van der Waals surface area contributed by atoms with Crippen LogP contribution in [0.3, 0.4) is 0 Å². The van der Waals surface area contributed by atoms with E-state index < -0.39 is 22.5 Å². The van der Waals surface area contributed by atoms with Gasteiger partial charge in [0.1, 0.15) is 6.10 Å². The highest BCUT2D eigenvalue weighted by Gasteiger charge is 2.27. The number of hydrogen-bond acceptors (Lipinski definition) is 4. The van der Waals surface area contributed by atoms with E-state index >= 15 is 0 Å². The van der Waals surface area contributed by atoms with Gasteiger partial charge in [0.05, 0.1) is 24.0 Å². The predicted molar refractivity (Wildman–Crippen MR) is 105 cm³/mol. The predicted octanol–water partition coefficient (Wildman–Crippen LogP) is 3.58. The van der Waals surface area contributed by atoms with Gasteiger partial charge in [0.15, 0.2) is 0 Å². The van der Waals surface area contributed by atoms with E-state index in [4.69, 9.17) is 23.2 Å². The Balaban J connectivity index is 3.67. The first-order chi connectivity index (χ1) is 9.59. The molecular formula is C11H6Cl2I3NO4. The molecule has 1 atom stereocenters. The van der Waals surface area contributed by atoms with E-state index in [-0.39, 0.29) is 16.8 Å². The summed E-state index contributed by atoms with van der Waals surface area (Å²) in [4.78, 5) is 34.8. The van der Waals surface area contributed by atoms with Crippen LogP contribution in [-0.4, -0.2) is 27.6 Å². The number of amides is 1. The minimum absolute atomic E-state index is 0.0863. The van der Waals surface area contributed by atoms with E-state index in [9.17, 15) is 19.5 Å². The number of hydrogen-bond donors (Lipinski definition) is 2. The topological polar surface area (TPSA) is 83.5 Å². The Bertz CT molecular complexity index is 608. The molecule has 0 spiro atoms. The molecule has 10 heteroatoms. The Morgan fingerprint density at radius 2 is 1.38 bits per heavy atom. The highest BCUT2D eigenvalue weighted by atomic mass is 127. The minimum atomic E-state index is -1.25. The molecule has 1 aromatic rings. The van der Waals surface area contributed by atoms with Crippen LogP contribution in [0.1, 0.15) is 27.6 Å². The summed E-state index contributed by atoms with van der Waals surface area (Å²) < 4.78 is 1.06. The zero-order valence-electron chi connectivity index (χ0n) is 10.1. The maximum atomic E-state index is 11.7. The van der Waals surface area contributed by atoms with Crippen LogP contribution in [0.2, 0.25) is 0 Å². The molecule has 1 rings (SSSR count). The summed E-state index contributed by atoms with van der Waals surface area (Å²) in [6.07, 6.45) is -1.25. The summed E-state index contributed by atoms with van der Waals surface area (Å²) in [6, 6.07) is 0. The van der Waals surface area contributed by atoms with Crippen LogP contribution >= 0.6 is 91.0 Å². The first kappa shape index (κ1) is 19.8. The van der Waals surface area contributed by atoms with Crippen LogP contribution in [0.4, 0.5) is 5.69 Å². The van der Waals surface area contributed by atoms with E-state index in [0.717, 1.165) is 0 Å². The number of carbonyl (C=O) groups is 3. The van der Waals surface area contributed by atoms with Crippen molar-refractivity contribution in [3.8, 4) is 0 Å². The number of carbonyl (C=O) groups excluding carboxylic acids is 3. The average Bonchev–Trinajstić information content (AvgIpc) is 2.32. The van der Waals surface area contributed by atoms with E-state index in [1.807, 2.05) is 45.2 Å². The lowest BCUT2D eigenvalue weighted by Crippen LogP contribution is -2.26. The average molecular weight is 668 g/mol. The molecular weight excluding hydrogens is 662 g/mol. The number of nitrogens with one attached hydrogen (secondary N) is 1. The van der Waals surface area contributed by atoms with E-state index in [1.165, 1.54) is 6.92 Å². The summed E-state index contributed by atoms with van der Waals surface area (Å²) in [5, 5.41) is 10.2. The Hall–Kier alpha value is 0.760. The molecule has 0 aliphatic rings. The van der Waals surface area contributed by atoms with Crippen molar-refractivity contribution in [3.63, 3.8) is 0 Å². The van der Waals surface area contributed by atoms with Gasteiger partial charge in [-0.25, -0.2) is 0 Å². The van der Waals surface area contributed by atoms with Gasteiger partial charge in [0.2, 0.25) is 0 Å². The number of aliphatic hydroxyl groups excluding tert-OH is 1. The quantitative estimate of drug-likeness (QED) is 0.380. The monoisotopic (exact) mass is 667 g/mol. The van der Waals surface area contributed by atoms with Crippen molar-refractivity contribution < 1.29 is 19.5 Å². The SMILES string of the molecule is C[C@H](O)C(=O)Nc1c(I)c(C(=O)Cl)c(I)c(C(=O)Cl)c1I. The van der Waals surface area contributed by atoms with Gasteiger partial charge in [-0.05, 0) is 97.9 Å². The fourth-order valence-corrected chi connectivity index (χ4v) is 6.78. The molecule has 0 aromatic heterocycles. The molecule has 0 saturated carbocycles. The summed E-state index contributed by atoms with van der Waals surface area (Å²) in [6.45, 7) is 1.29. The Kier molecular flexibility index (Phi) is 7.58. The summed E-state index contributed by atoms with van der Waals surface area (Å²) >= 11 is 16.6. The second kappa shape index (κ2) is 8.04. The molecule has 5 nitrogen and oxygen atoms in total. The van der Waals surface area contributed by atoms with Gasteiger partial charge >= 0.3 is 0 Å². The van der Waals surface area contributed by atoms with Crippen molar-refractivity contribution in [2.24, 2.45) is 0 Å². The van der Waals surface area contributed by atoms with Crippen LogP contribution in [0.25, 0.3) is 0 Å². The van der Waals surface area contributed by atoms with E-state index in [2.05, 4.69) is 5.32 Å². The molecule has 0 fully saturated rings. The zero-order chi connectivity index (χ0) is 16.5. The lowest BCUT2D eigenvalue weighted by molar-refractivity contribution is -0.123. The molecule has 21 heavy (non-hydrogen) atoms. The molecule has 2 N–H and O–H groups in total. The van der Waals surface area contributed by atoms with Crippen molar-refractivity contribution in [3.05, 3.63) is 21.8 Å². The number of benzene rings is 1. The molecule has 0 radical (unpaired) electrons. The summed E-state index contributed by atoms with van der Waals surface area (Å²) in [5.74, 6) is -0.673. The Morgan fingerprint density at radius 1 is 1.00 bits per heavy atom. The fraction of sp³-hybridized carbons (Fsp3) is 0.182. The van der Waals surface area contributed by atoms with E-state index in [1.54, 1.807) is 22.6 Å². The van der Waals surface area contributed by atoms with Gasteiger partial charge in [-0.15, -0.1) is 0 Å². The maximum Gasteiger partial charge on any atom is 0.254 e. The highest BCUT2D eigenvalue weighted by Crippen LogP contribution is 2.37. The van der Waals surface area contributed by atoms with Crippen LogP contribution in [-0.2, 0) is 4.79 Å². The van der Waals surface area contributed by atoms with Gasteiger partial charge in [-0.3, -0.25) is 14.4 Å². The largest absolute Gasteiger partial charge is 0.384 e. The third kappa shape index (κ3) is 4.40. The smallest absolute Gasteiger partial charge is 0.254 e. The van der Waals surface area contributed by atoms with Gasteiger partial charge in [0, 0.05) is 3.57 Å². The number of rotatable bonds is 4. The number of anilines is 1. The van der Waals surface area contributed by atoms with Crippen LogP contribution < -0.4 is 5.32 Å². The fourth-order valence-electron chi connectivity index (χ4n) is 1.35. The molecule has 0 heterocycles. The minimum Gasteiger partial charge on any atom is -0.384 e. The van der Waals surface area contributed by atoms with Crippen molar-refractivity contribution in [1.29, 1.82) is 0 Å². The molecule has 1 amide bonds. The molecule has 0 unspecified atom stereocenters. The highest BCUT2D eigenvalue weighted by molar-refractivity contribution is 14.1. The van der Waals surface area contributed by atoms with Crippen LogP contribution in [0.5, 0.6) is 0 Å². The maximum absolute atomic E-state index is 11.7. The second-order valence-electron chi connectivity index (χ2n) is 3.78. The van der Waals surface area contributed by atoms with Gasteiger partial charge in [0.25, 0.3) is 16.4 Å². The number of halogens is 5. The normalized spacial score (nSPS) is 12.0. The standard InChI is InChI=1S/C11H6Cl2I3NO4/c1-2(18)11(21)17-8-6(15)3(9(12)19)5(14)4(7(8)16)10(13)20/h2,18H,1H3,(H,17,21)/t2-/m0/s1. The molecule has 1 aromatic carbocycles. The Morgan fingerprint density at radius 3 is 1.67 bits per heavy atom. The van der Waals surface area contributed by atoms with E-state index in [0.29, 0.717) is 10.7 Å². The van der Waals surface area contributed by atoms with Gasteiger partial charge in [-0.1, -0.05) is 0 Å². The molecule has 0 aliphatic carbocycles. The second-order valence-corrected chi connectivity index (χ2v) is 7.70. The van der Waals surface area contributed by atoms with Crippen molar-refractivity contribution in [2.75, 3.05) is 5.32 Å². The molecule has 0 aliphatic heterocycles. The number of aliphatic hydroxyl groups is 1. The summed E-state index contributed by atoms with van der Waals surface area (Å²) in [7, 11) is 0. The lowest BCUT2D eigenvalue weighted by Gasteiger charge is -2.17. The van der Waals surface area contributed by atoms with Gasteiger partial charge in [-0.2, -0.15) is 0 Å². The molecule has 0 saturated heterocycles. The third-order valence-electron chi connectivity index (χ3n) is 2.34. The van der Waals surface area contributed by atoms with Gasteiger partial charge < -0.3 is 10.4 Å². The Labute approximate surface area is 170 Å². The van der Waals surface area contributed by atoms with Crippen molar-refractivity contribution in [2.45, 2.75) is 13.0 Å². The van der Waals surface area contributed by atoms with Crippen LogP contribution in [0, 0.1) is 10.7 Å². The first-order valence-corrected chi connectivity index (χ1v) is 9.17. The molecule has 114 valence electrons. The third-order valence-corrected chi connectivity index (χ3v) is 5.95. The van der Waals surface area contributed by atoms with Crippen molar-refractivity contribution >= 4 is 113 Å². The zero-order valence-corrected chi connectivity index (χ0v) is 18.1. The van der Waals surface area contributed by atoms with Crippen LogP contribution in [0.15, 0.2) is 0 Å².